The Morgan fingerprint density at radius 3 is 2.57 bits per heavy atom. The maximum Gasteiger partial charge on any atom is 0.338 e. The number of aryl methyl sites for hydroxylation is 2. The van der Waals surface area contributed by atoms with Crippen molar-refractivity contribution in [3.63, 3.8) is 0 Å². The molecule has 0 amide bonds. The number of aromatic nitrogens is 2. The average molecular weight is 486 g/mol. The van der Waals surface area contributed by atoms with Crippen LogP contribution in [0.1, 0.15) is 43.5 Å². The van der Waals surface area contributed by atoms with Gasteiger partial charge in [-0.05, 0) is 45.4 Å². The highest BCUT2D eigenvalue weighted by molar-refractivity contribution is 7.07. The molecule has 0 bridgehead atoms. The van der Waals surface area contributed by atoms with E-state index in [9.17, 15) is 9.59 Å². The van der Waals surface area contributed by atoms with Crippen LogP contribution in [0.25, 0.3) is 17.0 Å². The summed E-state index contributed by atoms with van der Waals surface area (Å²) in [4.78, 5) is 32.1. The highest BCUT2D eigenvalue weighted by Crippen LogP contribution is 2.31. The number of hydrogen-bond acceptors (Lipinski definition) is 5. The first-order chi connectivity index (χ1) is 16.9. The van der Waals surface area contributed by atoms with Gasteiger partial charge in [0.1, 0.15) is 0 Å². The molecule has 0 unspecified atom stereocenters. The molecule has 0 radical (unpaired) electrons. The lowest BCUT2D eigenvalue weighted by Gasteiger charge is -2.24. The zero-order valence-electron chi connectivity index (χ0n) is 20.2. The number of para-hydroxylation sites is 1. The number of carbonyl (C=O) groups excluding carboxylic acids is 1. The molecule has 178 valence electrons. The molecule has 0 saturated carbocycles. The highest BCUT2D eigenvalue weighted by Gasteiger charge is 2.33. The second-order valence-electron chi connectivity index (χ2n) is 8.60. The fourth-order valence-electron chi connectivity index (χ4n) is 4.65. The number of fused-ring (bicyclic) bond motifs is 2. The van der Waals surface area contributed by atoms with Crippen molar-refractivity contribution in [2.45, 2.75) is 40.3 Å². The van der Waals surface area contributed by atoms with Crippen LogP contribution in [0.2, 0.25) is 0 Å². The summed E-state index contributed by atoms with van der Waals surface area (Å²) in [6, 6.07) is 15.5. The van der Waals surface area contributed by atoms with Gasteiger partial charge < -0.3 is 9.30 Å². The Hall–Kier alpha value is -3.71. The topological polar surface area (TPSA) is 65.6 Å². The Bertz CT molecular complexity index is 1650. The Morgan fingerprint density at radius 1 is 1.11 bits per heavy atom. The Labute approximate surface area is 207 Å². The summed E-state index contributed by atoms with van der Waals surface area (Å²) in [6.07, 6.45) is 4.02. The van der Waals surface area contributed by atoms with E-state index in [2.05, 4.69) is 34.8 Å². The number of rotatable bonds is 5. The van der Waals surface area contributed by atoms with Gasteiger partial charge >= 0.3 is 5.97 Å². The molecular weight excluding hydrogens is 458 g/mol. The molecule has 0 saturated heterocycles. The van der Waals surface area contributed by atoms with E-state index in [0.717, 1.165) is 34.1 Å². The summed E-state index contributed by atoms with van der Waals surface area (Å²) in [5.41, 5.74) is 4.88. The lowest BCUT2D eigenvalue weighted by molar-refractivity contribution is -0.139. The Balaban J connectivity index is 1.75. The van der Waals surface area contributed by atoms with Crippen molar-refractivity contribution in [3.05, 3.63) is 102 Å². The second kappa shape index (κ2) is 9.15. The van der Waals surface area contributed by atoms with Crippen molar-refractivity contribution in [2.24, 2.45) is 4.99 Å². The summed E-state index contributed by atoms with van der Waals surface area (Å²) >= 11 is 1.35. The van der Waals surface area contributed by atoms with E-state index < -0.39 is 12.0 Å². The molecule has 2 aromatic carbocycles. The highest BCUT2D eigenvalue weighted by atomic mass is 32.1. The van der Waals surface area contributed by atoms with Gasteiger partial charge in [0.15, 0.2) is 4.80 Å². The van der Waals surface area contributed by atoms with Gasteiger partial charge in [-0.3, -0.25) is 9.36 Å². The van der Waals surface area contributed by atoms with E-state index >= 15 is 0 Å². The molecule has 0 fully saturated rings. The summed E-state index contributed by atoms with van der Waals surface area (Å²) < 4.78 is 9.77. The van der Waals surface area contributed by atoms with E-state index in [4.69, 9.17) is 4.74 Å². The van der Waals surface area contributed by atoms with E-state index in [1.807, 2.05) is 49.4 Å². The predicted octanol–water partition coefficient (Wildman–Crippen LogP) is 4.08. The Kier molecular flexibility index (Phi) is 6.03. The van der Waals surface area contributed by atoms with Crippen LogP contribution >= 0.6 is 11.3 Å². The van der Waals surface area contributed by atoms with Crippen LogP contribution in [0.15, 0.2) is 75.8 Å². The number of thiazole rings is 1. The monoisotopic (exact) mass is 485 g/mol. The number of carbonyl (C=O) groups is 1. The van der Waals surface area contributed by atoms with Crippen LogP contribution in [-0.2, 0) is 16.1 Å². The molecule has 1 aliphatic heterocycles. The molecule has 7 heteroatoms. The van der Waals surface area contributed by atoms with Gasteiger partial charge in [0.2, 0.25) is 0 Å². The first-order valence-electron chi connectivity index (χ1n) is 11.8. The van der Waals surface area contributed by atoms with Crippen LogP contribution in [0.3, 0.4) is 0 Å². The van der Waals surface area contributed by atoms with Gasteiger partial charge in [-0.2, -0.15) is 0 Å². The fraction of sp³-hybridized carbons (Fsp3) is 0.250. The quantitative estimate of drug-likeness (QED) is 0.400. The smallest absolute Gasteiger partial charge is 0.338 e. The normalized spacial score (nSPS) is 15.9. The molecule has 0 aliphatic carbocycles. The molecule has 6 nitrogen and oxygen atoms in total. The Morgan fingerprint density at radius 2 is 1.86 bits per heavy atom. The van der Waals surface area contributed by atoms with Crippen LogP contribution in [0.4, 0.5) is 0 Å². The van der Waals surface area contributed by atoms with Gasteiger partial charge in [-0.1, -0.05) is 59.4 Å². The molecular formula is C28H27N3O3S. The maximum absolute atomic E-state index is 13.8. The van der Waals surface area contributed by atoms with Gasteiger partial charge in [0.05, 0.1) is 28.5 Å². The van der Waals surface area contributed by atoms with Crippen molar-refractivity contribution in [1.29, 1.82) is 0 Å². The minimum absolute atomic E-state index is 0.165. The van der Waals surface area contributed by atoms with Crippen molar-refractivity contribution in [2.75, 3.05) is 6.61 Å². The number of ether oxygens (including phenoxy) is 1. The summed E-state index contributed by atoms with van der Waals surface area (Å²) in [5, 5.41) is 1.10. The van der Waals surface area contributed by atoms with Crippen LogP contribution < -0.4 is 14.9 Å². The van der Waals surface area contributed by atoms with Crippen LogP contribution in [0.5, 0.6) is 0 Å². The van der Waals surface area contributed by atoms with E-state index in [1.54, 1.807) is 18.4 Å². The molecule has 5 rings (SSSR count). The van der Waals surface area contributed by atoms with Gasteiger partial charge in [0, 0.05) is 29.2 Å². The fourth-order valence-corrected chi connectivity index (χ4v) is 5.69. The lowest BCUT2D eigenvalue weighted by atomic mass is 9.95. The molecule has 1 atom stereocenters. The molecule has 0 spiro atoms. The number of nitrogens with zero attached hydrogens (tertiary/aromatic N) is 3. The van der Waals surface area contributed by atoms with E-state index in [-0.39, 0.29) is 12.2 Å². The maximum atomic E-state index is 13.8. The average Bonchev–Trinajstić information content (AvgIpc) is 3.36. The van der Waals surface area contributed by atoms with E-state index in [1.165, 1.54) is 11.3 Å². The van der Waals surface area contributed by atoms with E-state index in [0.29, 0.717) is 20.6 Å². The number of allylic oxidation sites excluding steroid dienone is 1. The molecule has 3 heterocycles. The molecule has 4 aromatic rings. The largest absolute Gasteiger partial charge is 0.463 e. The summed E-state index contributed by atoms with van der Waals surface area (Å²) in [7, 11) is 0. The van der Waals surface area contributed by atoms with Crippen LogP contribution in [-0.4, -0.2) is 21.7 Å². The van der Waals surface area contributed by atoms with Gasteiger partial charge in [-0.25, -0.2) is 9.79 Å². The molecule has 0 N–H and O–H groups in total. The zero-order chi connectivity index (χ0) is 24.7. The number of esters is 1. The molecule has 1 aliphatic rings. The van der Waals surface area contributed by atoms with Gasteiger partial charge in [-0.15, -0.1) is 0 Å². The van der Waals surface area contributed by atoms with Crippen molar-refractivity contribution >= 4 is 34.3 Å². The van der Waals surface area contributed by atoms with Crippen molar-refractivity contribution in [1.82, 2.24) is 9.13 Å². The minimum atomic E-state index is -0.593. The van der Waals surface area contributed by atoms with Crippen molar-refractivity contribution in [3.8, 4) is 0 Å². The minimum Gasteiger partial charge on any atom is -0.463 e. The standard InChI is InChI=1S/C28H27N3O3S/c1-5-30-16-20(21-9-7-8-10-22(21)30)15-23-26(32)31-25(19-13-11-17(3)12-14-19)24(27(33)34-6-2)18(4)29-28(31)35-23/h7-16,25H,5-6H2,1-4H3/b23-15-/t25-/m0/s1. The van der Waals surface area contributed by atoms with Crippen LogP contribution in [0, 0.1) is 6.92 Å². The third-order valence-electron chi connectivity index (χ3n) is 6.36. The predicted molar refractivity (Wildman–Crippen MR) is 139 cm³/mol. The second-order valence-corrected chi connectivity index (χ2v) is 9.61. The first kappa shape index (κ1) is 23.1. The van der Waals surface area contributed by atoms with Crippen molar-refractivity contribution < 1.29 is 9.53 Å². The zero-order valence-corrected chi connectivity index (χ0v) is 21.1. The SMILES string of the molecule is CCOC(=O)C1=C(C)N=c2s/c(=C\c3cn(CC)c4ccccc34)c(=O)n2[C@H]1c1ccc(C)cc1. The molecule has 2 aromatic heterocycles. The third kappa shape index (κ3) is 3.96. The first-order valence-corrected chi connectivity index (χ1v) is 12.6. The summed E-state index contributed by atoms with van der Waals surface area (Å²) in [6.45, 7) is 8.78. The van der Waals surface area contributed by atoms with Gasteiger partial charge in [0.25, 0.3) is 5.56 Å². The third-order valence-corrected chi connectivity index (χ3v) is 7.34. The summed E-state index contributed by atoms with van der Waals surface area (Å²) in [5.74, 6) is -0.445. The molecule has 35 heavy (non-hydrogen) atoms. The number of benzene rings is 2. The lowest BCUT2D eigenvalue weighted by Crippen LogP contribution is -2.39. The number of hydrogen-bond donors (Lipinski definition) is 0.